The summed E-state index contributed by atoms with van der Waals surface area (Å²) in [5, 5.41) is 8.65. The standard InChI is InChI=1S/C16H17BrO7/c1-9(16(20)21)4-5-14(18)24-15(19)7-10-6-12(22-2)13(23-3)8-11(10)17/h6,8H,1,4-5,7H2,2-3H3,(H,20,21). The zero-order chi connectivity index (χ0) is 18.3. The number of halogens is 1. The summed E-state index contributed by atoms with van der Waals surface area (Å²) < 4.78 is 15.6. The molecule has 0 aliphatic carbocycles. The first-order valence-corrected chi connectivity index (χ1v) is 7.62. The highest BCUT2D eigenvalue weighted by Crippen LogP contribution is 2.33. The number of carboxylic acid groups (broad SMARTS) is 1. The molecule has 8 heteroatoms. The minimum atomic E-state index is -1.19. The summed E-state index contributed by atoms with van der Waals surface area (Å²) in [6.07, 6.45) is -0.474. The molecule has 0 atom stereocenters. The number of hydrogen-bond acceptors (Lipinski definition) is 6. The van der Waals surface area contributed by atoms with Gasteiger partial charge < -0.3 is 19.3 Å². The maximum absolute atomic E-state index is 11.8. The van der Waals surface area contributed by atoms with Gasteiger partial charge in [-0.2, -0.15) is 0 Å². The molecular weight excluding hydrogens is 384 g/mol. The Balaban J connectivity index is 2.66. The summed E-state index contributed by atoms with van der Waals surface area (Å²) in [4.78, 5) is 34.0. The van der Waals surface area contributed by atoms with Crippen LogP contribution in [0.4, 0.5) is 0 Å². The zero-order valence-electron chi connectivity index (χ0n) is 13.3. The third-order valence-electron chi connectivity index (χ3n) is 3.05. The topological polar surface area (TPSA) is 99.1 Å². The maximum Gasteiger partial charge on any atom is 0.330 e. The van der Waals surface area contributed by atoms with Gasteiger partial charge in [0.25, 0.3) is 0 Å². The van der Waals surface area contributed by atoms with E-state index >= 15 is 0 Å². The Morgan fingerprint density at radius 1 is 1.08 bits per heavy atom. The Morgan fingerprint density at radius 2 is 1.67 bits per heavy atom. The van der Waals surface area contributed by atoms with Crippen LogP contribution in [0.25, 0.3) is 0 Å². The summed E-state index contributed by atoms with van der Waals surface area (Å²) in [6.45, 7) is 3.30. The Kier molecular flexibility index (Phi) is 7.44. The summed E-state index contributed by atoms with van der Waals surface area (Å²) in [5.74, 6) is -1.83. The molecular formula is C16H17BrO7. The van der Waals surface area contributed by atoms with Crippen LogP contribution in [0.5, 0.6) is 11.5 Å². The van der Waals surface area contributed by atoms with Crippen molar-refractivity contribution < 1.29 is 33.7 Å². The number of carbonyl (C=O) groups excluding carboxylic acids is 2. The van der Waals surface area contributed by atoms with Crippen molar-refractivity contribution in [2.75, 3.05) is 14.2 Å². The molecule has 0 heterocycles. The number of esters is 2. The molecule has 0 aliphatic rings. The molecule has 0 aliphatic heterocycles. The molecule has 0 spiro atoms. The molecule has 1 aromatic carbocycles. The van der Waals surface area contributed by atoms with Crippen molar-refractivity contribution >= 4 is 33.8 Å². The summed E-state index contributed by atoms with van der Waals surface area (Å²) in [6, 6.07) is 3.24. The van der Waals surface area contributed by atoms with E-state index in [1.165, 1.54) is 14.2 Å². The Labute approximate surface area is 147 Å². The molecule has 7 nitrogen and oxygen atoms in total. The van der Waals surface area contributed by atoms with Crippen LogP contribution in [-0.4, -0.2) is 37.2 Å². The Bertz CT molecular complexity index is 667. The van der Waals surface area contributed by atoms with E-state index in [1.54, 1.807) is 12.1 Å². The molecule has 0 unspecified atom stereocenters. The lowest BCUT2D eigenvalue weighted by Crippen LogP contribution is -2.15. The van der Waals surface area contributed by atoms with Crippen molar-refractivity contribution in [3.05, 3.63) is 34.3 Å². The zero-order valence-corrected chi connectivity index (χ0v) is 14.8. The molecule has 1 aromatic rings. The number of carbonyl (C=O) groups is 3. The second kappa shape index (κ2) is 9.07. The van der Waals surface area contributed by atoms with E-state index in [0.717, 1.165) is 0 Å². The minimum Gasteiger partial charge on any atom is -0.493 e. The molecule has 1 rings (SSSR count). The number of aliphatic carboxylic acids is 1. The second-order valence-electron chi connectivity index (χ2n) is 4.73. The van der Waals surface area contributed by atoms with Gasteiger partial charge in [0.2, 0.25) is 0 Å². The van der Waals surface area contributed by atoms with Crippen LogP contribution >= 0.6 is 15.9 Å². The second-order valence-corrected chi connectivity index (χ2v) is 5.58. The van der Waals surface area contributed by atoms with Gasteiger partial charge in [0.15, 0.2) is 11.5 Å². The fraction of sp³-hybridized carbons (Fsp3) is 0.312. The summed E-state index contributed by atoms with van der Waals surface area (Å²) >= 11 is 3.31. The molecule has 0 bridgehead atoms. The average molecular weight is 401 g/mol. The predicted octanol–water partition coefficient (Wildman–Crippen LogP) is 2.50. The van der Waals surface area contributed by atoms with Crippen molar-refractivity contribution in [1.29, 1.82) is 0 Å². The van der Waals surface area contributed by atoms with E-state index < -0.39 is 17.9 Å². The van der Waals surface area contributed by atoms with Crippen LogP contribution in [0.3, 0.4) is 0 Å². The van der Waals surface area contributed by atoms with Crippen molar-refractivity contribution in [2.45, 2.75) is 19.3 Å². The molecule has 0 radical (unpaired) electrons. The molecule has 0 amide bonds. The quantitative estimate of drug-likeness (QED) is 0.406. The monoisotopic (exact) mass is 400 g/mol. The van der Waals surface area contributed by atoms with Gasteiger partial charge >= 0.3 is 17.9 Å². The number of carboxylic acids is 1. The van der Waals surface area contributed by atoms with Gasteiger partial charge in [0, 0.05) is 10.0 Å². The van der Waals surface area contributed by atoms with Gasteiger partial charge in [-0.1, -0.05) is 22.5 Å². The normalized spacial score (nSPS) is 9.96. The van der Waals surface area contributed by atoms with Gasteiger partial charge in [-0.25, -0.2) is 4.79 Å². The third kappa shape index (κ3) is 5.69. The van der Waals surface area contributed by atoms with Crippen LogP contribution in [0.1, 0.15) is 18.4 Å². The molecule has 0 aromatic heterocycles. The van der Waals surface area contributed by atoms with E-state index in [-0.39, 0.29) is 24.8 Å². The number of benzene rings is 1. The number of ether oxygens (including phenoxy) is 3. The van der Waals surface area contributed by atoms with E-state index in [0.29, 0.717) is 21.5 Å². The number of hydrogen-bond donors (Lipinski definition) is 1. The van der Waals surface area contributed by atoms with Crippen LogP contribution in [0.15, 0.2) is 28.8 Å². The largest absolute Gasteiger partial charge is 0.493 e. The number of methoxy groups -OCH3 is 2. The van der Waals surface area contributed by atoms with E-state index in [9.17, 15) is 14.4 Å². The SMILES string of the molecule is C=C(CCC(=O)OC(=O)Cc1cc(OC)c(OC)cc1Br)C(=O)O. The third-order valence-corrected chi connectivity index (χ3v) is 3.79. The maximum atomic E-state index is 11.8. The average Bonchev–Trinajstić information content (AvgIpc) is 2.53. The first kappa shape index (κ1) is 19.7. The van der Waals surface area contributed by atoms with Crippen molar-refractivity contribution in [1.82, 2.24) is 0 Å². The van der Waals surface area contributed by atoms with Gasteiger partial charge in [-0.3, -0.25) is 9.59 Å². The highest BCUT2D eigenvalue weighted by atomic mass is 79.9. The Morgan fingerprint density at radius 3 is 2.21 bits per heavy atom. The van der Waals surface area contributed by atoms with E-state index in [1.807, 2.05) is 0 Å². The highest BCUT2D eigenvalue weighted by molar-refractivity contribution is 9.10. The molecule has 0 fully saturated rings. The van der Waals surface area contributed by atoms with Gasteiger partial charge in [0.1, 0.15) is 0 Å². The predicted molar refractivity (Wildman–Crippen MR) is 88.1 cm³/mol. The van der Waals surface area contributed by atoms with Gasteiger partial charge in [0.05, 0.1) is 27.1 Å². The Hall–Kier alpha value is -2.35. The molecule has 24 heavy (non-hydrogen) atoms. The fourth-order valence-corrected chi connectivity index (χ4v) is 2.22. The van der Waals surface area contributed by atoms with E-state index in [4.69, 9.17) is 14.6 Å². The number of rotatable bonds is 8. The minimum absolute atomic E-state index is 0.0818. The van der Waals surface area contributed by atoms with Crippen LogP contribution in [0.2, 0.25) is 0 Å². The molecule has 1 N–H and O–H groups in total. The lowest BCUT2D eigenvalue weighted by Gasteiger charge is -2.11. The molecule has 130 valence electrons. The van der Waals surface area contributed by atoms with E-state index in [2.05, 4.69) is 27.2 Å². The molecule has 0 saturated heterocycles. The van der Waals surface area contributed by atoms with Crippen molar-refractivity contribution in [3.63, 3.8) is 0 Å². The van der Waals surface area contributed by atoms with Crippen molar-refractivity contribution in [3.8, 4) is 11.5 Å². The van der Waals surface area contributed by atoms with Crippen LogP contribution in [-0.2, 0) is 25.5 Å². The first-order valence-electron chi connectivity index (χ1n) is 6.83. The lowest BCUT2D eigenvalue weighted by atomic mass is 10.1. The van der Waals surface area contributed by atoms with Gasteiger partial charge in [-0.05, 0) is 24.1 Å². The fourth-order valence-electron chi connectivity index (χ4n) is 1.76. The molecule has 0 saturated carbocycles. The van der Waals surface area contributed by atoms with Crippen LogP contribution < -0.4 is 9.47 Å². The lowest BCUT2D eigenvalue weighted by molar-refractivity contribution is -0.159. The first-order chi connectivity index (χ1) is 11.3. The van der Waals surface area contributed by atoms with Gasteiger partial charge in [-0.15, -0.1) is 0 Å². The van der Waals surface area contributed by atoms with Crippen LogP contribution in [0, 0.1) is 0 Å². The smallest absolute Gasteiger partial charge is 0.330 e. The van der Waals surface area contributed by atoms with Crippen molar-refractivity contribution in [2.24, 2.45) is 0 Å². The summed E-state index contributed by atoms with van der Waals surface area (Å²) in [5.41, 5.74) is 0.433. The summed E-state index contributed by atoms with van der Waals surface area (Å²) in [7, 11) is 2.95. The highest BCUT2D eigenvalue weighted by Gasteiger charge is 2.17.